The summed E-state index contributed by atoms with van der Waals surface area (Å²) < 4.78 is 22.4. The van der Waals surface area contributed by atoms with Crippen LogP contribution in [0.25, 0.3) is 17.0 Å². The van der Waals surface area contributed by atoms with Crippen molar-refractivity contribution in [3.05, 3.63) is 104 Å². The maximum absolute atomic E-state index is 13.4. The Kier molecular flexibility index (Phi) is 5.16. The van der Waals surface area contributed by atoms with E-state index in [1.54, 1.807) is 61.7 Å². The fraction of sp³-hybridized carbons (Fsp3) is 0.107. The number of fused-ring (bicyclic) bond motifs is 4. The van der Waals surface area contributed by atoms with Crippen LogP contribution in [0.4, 0.5) is 0 Å². The van der Waals surface area contributed by atoms with E-state index in [0.717, 1.165) is 5.56 Å². The fourth-order valence-corrected chi connectivity index (χ4v) is 4.75. The Balaban J connectivity index is 1.48. The van der Waals surface area contributed by atoms with Gasteiger partial charge in [0.2, 0.25) is 5.78 Å². The zero-order valence-electron chi connectivity index (χ0n) is 18.9. The molecule has 0 N–H and O–H groups in total. The summed E-state index contributed by atoms with van der Waals surface area (Å²) in [6, 6.07) is 15.0. The number of carbonyl (C=O) groups is 2. The zero-order valence-corrected chi connectivity index (χ0v) is 19.6. The average Bonchev–Trinajstić information content (AvgIpc) is 3.19. The van der Waals surface area contributed by atoms with Gasteiger partial charge in [-0.15, -0.1) is 0 Å². The molecule has 0 bridgehead atoms. The molecule has 7 nitrogen and oxygen atoms in total. The Hall–Kier alpha value is -4.36. The fourth-order valence-electron chi connectivity index (χ4n) is 4.58. The maximum Gasteiger partial charge on any atom is 0.312 e. The van der Waals surface area contributed by atoms with E-state index >= 15 is 0 Å². The minimum Gasteiger partial charge on any atom is -0.497 e. The molecule has 2 aliphatic heterocycles. The van der Waals surface area contributed by atoms with Crippen molar-refractivity contribution in [3.8, 4) is 17.2 Å². The van der Waals surface area contributed by atoms with Crippen LogP contribution in [0.1, 0.15) is 39.4 Å². The first-order chi connectivity index (χ1) is 17.4. The van der Waals surface area contributed by atoms with Crippen molar-refractivity contribution in [2.24, 2.45) is 0 Å². The van der Waals surface area contributed by atoms with E-state index in [9.17, 15) is 14.4 Å². The van der Waals surface area contributed by atoms with Crippen molar-refractivity contribution in [1.29, 1.82) is 0 Å². The molecule has 3 heterocycles. The zero-order chi connectivity index (χ0) is 25.0. The van der Waals surface area contributed by atoms with E-state index in [4.69, 9.17) is 30.2 Å². The van der Waals surface area contributed by atoms with Crippen LogP contribution in [0.15, 0.2) is 75.8 Å². The van der Waals surface area contributed by atoms with Crippen LogP contribution in [0.2, 0.25) is 5.02 Å². The number of benzene rings is 3. The van der Waals surface area contributed by atoms with Gasteiger partial charge in [-0.25, -0.2) is 0 Å². The molecule has 4 aromatic rings. The van der Waals surface area contributed by atoms with Gasteiger partial charge in [0.05, 0.1) is 30.7 Å². The summed E-state index contributed by atoms with van der Waals surface area (Å²) in [7, 11) is 1.57. The number of hydrogen-bond acceptors (Lipinski definition) is 7. The molecular weight excluding hydrogens is 484 g/mol. The lowest BCUT2D eigenvalue weighted by Gasteiger charge is -2.25. The number of rotatable bonds is 3. The molecule has 0 saturated carbocycles. The molecule has 2 aliphatic rings. The standard InChI is InChI=1S/C28H17ClO7/c1-33-16-5-2-14(3-6-16)10-23-27(32)17-7-9-22-25(28(17)36-23)18(12-24(30)35-22)20-13-34-21-8-4-15(29)11-19(21)26(20)31/h2-11,13,18H,12H2,1H3/b23-10-/t18-/m0/s1. The van der Waals surface area contributed by atoms with Crippen LogP contribution in [0.3, 0.4) is 0 Å². The summed E-state index contributed by atoms with van der Waals surface area (Å²) in [6.07, 6.45) is 2.86. The third-order valence-electron chi connectivity index (χ3n) is 6.33. The predicted molar refractivity (Wildman–Crippen MR) is 132 cm³/mol. The van der Waals surface area contributed by atoms with Crippen LogP contribution in [0, 0.1) is 0 Å². The summed E-state index contributed by atoms with van der Waals surface area (Å²) >= 11 is 6.10. The topological polar surface area (TPSA) is 92.0 Å². The third-order valence-corrected chi connectivity index (χ3v) is 6.56. The van der Waals surface area contributed by atoms with Gasteiger partial charge in [-0.2, -0.15) is 0 Å². The van der Waals surface area contributed by atoms with E-state index in [1.807, 2.05) is 0 Å². The molecule has 0 aliphatic carbocycles. The highest BCUT2D eigenvalue weighted by Gasteiger charge is 2.39. The van der Waals surface area contributed by atoms with Crippen LogP contribution in [-0.2, 0) is 4.79 Å². The molecule has 1 atom stereocenters. The van der Waals surface area contributed by atoms with Crippen molar-refractivity contribution in [2.75, 3.05) is 7.11 Å². The summed E-state index contributed by atoms with van der Waals surface area (Å²) in [5.41, 5.74) is 1.83. The van der Waals surface area contributed by atoms with Crippen LogP contribution in [-0.4, -0.2) is 18.9 Å². The Morgan fingerprint density at radius 3 is 2.58 bits per heavy atom. The minimum atomic E-state index is -0.732. The molecule has 8 heteroatoms. The van der Waals surface area contributed by atoms with Gasteiger partial charge in [0.15, 0.2) is 11.2 Å². The lowest BCUT2D eigenvalue weighted by atomic mass is 9.85. The lowest BCUT2D eigenvalue weighted by Crippen LogP contribution is -2.25. The number of allylic oxidation sites excluding steroid dienone is 1. The first kappa shape index (κ1) is 22.1. The molecule has 6 rings (SSSR count). The monoisotopic (exact) mass is 500 g/mol. The van der Waals surface area contributed by atoms with Crippen LogP contribution >= 0.6 is 11.6 Å². The van der Waals surface area contributed by atoms with E-state index in [-0.39, 0.29) is 40.5 Å². The average molecular weight is 501 g/mol. The highest BCUT2D eigenvalue weighted by atomic mass is 35.5. The summed E-state index contributed by atoms with van der Waals surface area (Å²) in [6.45, 7) is 0. The van der Waals surface area contributed by atoms with E-state index in [2.05, 4.69) is 0 Å². The van der Waals surface area contributed by atoms with E-state index < -0.39 is 11.9 Å². The van der Waals surface area contributed by atoms with Gasteiger partial charge in [-0.3, -0.25) is 14.4 Å². The Labute approximate surface area is 209 Å². The normalized spacial score (nSPS) is 17.5. The molecular formula is C28H17ClO7. The number of methoxy groups -OCH3 is 1. The molecule has 1 aromatic heterocycles. The van der Waals surface area contributed by atoms with Crippen molar-refractivity contribution >= 4 is 40.4 Å². The first-order valence-corrected chi connectivity index (χ1v) is 11.5. The largest absolute Gasteiger partial charge is 0.497 e. The molecule has 0 amide bonds. The lowest BCUT2D eigenvalue weighted by molar-refractivity contribution is -0.135. The van der Waals surface area contributed by atoms with Crippen LogP contribution < -0.4 is 19.6 Å². The minimum absolute atomic E-state index is 0.116. The van der Waals surface area contributed by atoms with Gasteiger partial charge >= 0.3 is 5.97 Å². The number of ketones is 1. The SMILES string of the molecule is COc1ccc(/C=C2\Oc3c(ccc4c3[C@H](c3coc5ccc(Cl)cc5c3=O)CC(=O)O4)C2=O)cc1. The van der Waals surface area contributed by atoms with Gasteiger partial charge in [0.1, 0.15) is 22.8 Å². The number of carbonyl (C=O) groups excluding carboxylic acids is 2. The Morgan fingerprint density at radius 1 is 1.00 bits per heavy atom. The van der Waals surface area contributed by atoms with Gasteiger partial charge in [0.25, 0.3) is 0 Å². The summed E-state index contributed by atoms with van der Waals surface area (Å²) in [5, 5.41) is 0.684. The van der Waals surface area contributed by atoms with Crippen molar-refractivity contribution in [1.82, 2.24) is 0 Å². The highest BCUT2D eigenvalue weighted by molar-refractivity contribution is 6.31. The molecule has 178 valence electrons. The van der Waals surface area contributed by atoms with Gasteiger partial charge in [0, 0.05) is 22.1 Å². The van der Waals surface area contributed by atoms with Gasteiger partial charge in [-0.1, -0.05) is 23.7 Å². The molecule has 36 heavy (non-hydrogen) atoms. The Morgan fingerprint density at radius 2 is 1.81 bits per heavy atom. The predicted octanol–water partition coefficient (Wildman–Crippen LogP) is 5.51. The second kappa shape index (κ2) is 8.39. The van der Waals surface area contributed by atoms with Gasteiger partial charge in [-0.05, 0) is 54.1 Å². The molecule has 3 aromatic carbocycles. The molecule has 0 unspecified atom stereocenters. The smallest absolute Gasteiger partial charge is 0.312 e. The molecule has 0 spiro atoms. The number of Topliss-reactive ketones (excluding diaryl/α,β-unsaturated/α-hetero) is 1. The number of ether oxygens (including phenoxy) is 3. The highest BCUT2D eigenvalue weighted by Crippen LogP contribution is 2.48. The van der Waals surface area contributed by atoms with E-state index in [1.165, 1.54) is 12.3 Å². The quantitative estimate of drug-likeness (QED) is 0.208. The maximum atomic E-state index is 13.4. The molecule has 0 saturated heterocycles. The first-order valence-electron chi connectivity index (χ1n) is 11.1. The third kappa shape index (κ3) is 3.56. The summed E-state index contributed by atoms with van der Waals surface area (Å²) in [4.78, 5) is 39.1. The molecule has 0 radical (unpaired) electrons. The second-order valence-electron chi connectivity index (χ2n) is 8.46. The van der Waals surface area contributed by atoms with E-state index in [0.29, 0.717) is 32.9 Å². The van der Waals surface area contributed by atoms with Crippen molar-refractivity contribution in [3.63, 3.8) is 0 Å². The van der Waals surface area contributed by atoms with Crippen molar-refractivity contribution < 1.29 is 28.2 Å². The number of esters is 1. The van der Waals surface area contributed by atoms with Crippen molar-refractivity contribution in [2.45, 2.75) is 12.3 Å². The molecule has 0 fully saturated rings. The van der Waals surface area contributed by atoms with Crippen LogP contribution in [0.5, 0.6) is 17.2 Å². The van der Waals surface area contributed by atoms with Gasteiger partial charge < -0.3 is 18.6 Å². The number of hydrogen-bond donors (Lipinski definition) is 0. The summed E-state index contributed by atoms with van der Waals surface area (Å²) in [5.74, 6) is -0.235. The Bertz CT molecular complexity index is 1660. The second-order valence-corrected chi connectivity index (χ2v) is 8.89. The number of halogens is 1.